The number of aromatic nitrogens is 1. The van der Waals surface area contributed by atoms with Crippen molar-refractivity contribution in [1.29, 1.82) is 0 Å². The summed E-state index contributed by atoms with van der Waals surface area (Å²) in [5.74, 6) is 0.527. The van der Waals surface area contributed by atoms with Crippen LogP contribution in [-0.4, -0.2) is 23.4 Å². The fourth-order valence-corrected chi connectivity index (χ4v) is 1.38. The van der Waals surface area contributed by atoms with E-state index >= 15 is 0 Å². The van der Waals surface area contributed by atoms with E-state index in [2.05, 4.69) is 15.5 Å². The van der Waals surface area contributed by atoms with Gasteiger partial charge in [0.05, 0.1) is 19.0 Å². The molecule has 0 amide bonds. The highest BCUT2D eigenvalue weighted by atomic mass is 16.5. The van der Waals surface area contributed by atoms with Crippen LogP contribution in [0.15, 0.2) is 47.8 Å². The number of nitrogens with one attached hydrogen (secondary N) is 1. The van der Waals surface area contributed by atoms with E-state index < -0.39 is 0 Å². The van der Waals surface area contributed by atoms with E-state index in [1.165, 1.54) is 7.11 Å². The first kappa shape index (κ1) is 11.9. The van der Waals surface area contributed by atoms with Gasteiger partial charge in [-0.1, -0.05) is 0 Å². The molecule has 0 radical (unpaired) electrons. The number of rotatable bonds is 4. The molecule has 0 atom stereocenters. The van der Waals surface area contributed by atoms with Crippen molar-refractivity contribution in [3.63, 3.8) is 0 Å². The van der Waals surface area contributed by atoms with Gasteiger partial charge in [-0.15, -0.1) is 0 Å². The number of aromatic hydroxyl groups is 1. The lowest BCUT2D eigenvalue weighted by Crippen LogP contribution is -1.91. The number of nitrogens with zero attached hydrogens (tertiary/aromatic N) is 2. The Kier molecular flexibility index (Phi) is 3.76. The number of anilines is 1. The standard InChI is InChI=1S/C13H13N3O2/c1-18-13-8-10(2-3-12(13)17)9-15-16-11-4-6-14-7-5-11/h2-9,17H,1H3,(H,14,16)/b15-9+. The Morgan fingerprint density at radius 1 is 1.28 bits per heavy atom. The van der Waals surface area contributed by atoms with Gasteiger partial charge in [-0.3, -0.25) is 10.4 Å². The zero-order valence-corrected chi connectivity index (χ0v) is 9.87. The average Bonchev–Trinajstić information content (AvgIpc) is 2.42. The molecule has 0 aliphatic rings. The Morgan fingerprint density at radius 2 is 2.06 bits per heavy atom. The van der Waals surface area contributed by atoms with Gasteiger partial charge in [0.1, 0.15) is 0 Å². The molecule has 0 aliphatic carbocycles. The topological polar surface area (TPSA) is 66.7 Å². The third-order valence-electron chi connectivity index (χ3n) is 2.29. The lowest BCUT2D eigenvalue weighted by molar-refractivity contribution is 0.373. The molecule has 2 aromatic rings. The first-order valence-electron chi connectivity index (χ1n) is 5.35. The molecule has 2 N–H and O–H groups in total. The van der Waals surface area contributed by atoms with Crippen LogP contribution in [0.4, 0.5) is 5.69 Å². The van der Waals surface area contributed by atoms with Crippen LogP contribution in [0.3, 0.4) is 0 Å². The van der Waals surface area contributed by atoms with Crippen LogP contribution in [0, 0.1) is 0 Å². The number of phenolic OH excluding ortho intramolecular Hbond substituents is 1. The van der Waals surface area contributed by atoms with Gasteiger partial charge in [-0.25, -0.2) is 0 Å². The van der Waals surface area contributed by atoms with Gasteiger partial charge in [-0.2, -0.15) is 5.10 Å². The largest absolute Gasteiger partial charge is 0.504 e. The number of ether oxygens (including phenoxy) is 1. The van der Waals surface area contributed by atoms with E-state index in [0.717, 1.165) is 11.3 Å². The van der Waals surface area contributed by atoms with Crippen LogP contribution in [0.5, 0.6) is 11.5 Å². The minimum Gasteiger partial charge on any atom is -0.504 e. The third-order valence-corrected chi connectivity index (χ3v) is 2.29. The lowest BCUT2D eigenvalue weighted by Gasteiger charge is -2.03. The van der Waals surface area contributed by atoms with Crippen LogP contribution in [0.1, 0.15) is 5.56 Å². The average molecular weight is 243 g/mol. The maximum Gasteiger partial charge on any atom is 0.161 e. The SMILES string of the molecule is COc1cc(/C=N/Nc2ccncc2)ccc1O. The molecule has 0 unspecified atom stereocenters. The summed E-state index contributed by atoms with van der Waals surface area (Å²) in [6.07, 6.45) is 5.01. The van der Waals surface area contributed by atoms with Crippen LogP contribution < -0.4 is 10.2 Å². The van der Waals surface area contributed by atoms with Crippen LogP contribution >= 0.6 is 0 Å². The van der Waals surface area contributed by atoms with Crippen LogP contribution in [-0.2, 0) is 0 Å². The number of phenols is 1. The van der Waals surface area contributed by atoms with Crippen molar-refractivity contribution in [2.24, 2.45) is 5.10 Å². The fourth-order valence-electron chi connectivity index (χ4n) is 1.38. The van der Waals surface area contributed by atoms with Crippen molar-refractivity contribution in [2.45, 2.75) is 0 Å². The molecule has 0 bridgehead atoms. The molecule has 1 aromatic carbocycles. The molecule has 5 nitrogen and oxygen atoms in total. The van der Waals surface area contributed by atoms with Gasteiger partial charge < -0.3 is 9.84 Å². The summed E-state index contributed by atoms with van der Waals surface area (Å²) in [4.78, 5) is 3.91. The first-order valence-corrected chi connectivity index (χ1v) is 5.35. The molecule has 1 aromatic heterocycles. The van der Waals surface area contributed by atoms with Gasteiger partial charge in [0.15, 0.2) is 11.5 Å². The number of hydrogen-bond acceptors (Lipinski definition) is 5. The molecule has 1 heterocycles. The van der Waals surface area contributed by atoms with E-state index in [9.17, 15) is 5.11 Å². The Balaban J connectivity index is 2.05. The highest BCUT2D eigenvalue weighted by Gasteiger charge is 2.00. The number of hydrogen-bond donors (Lipinski definition) is 2. The molecule has 18 heavy (non-hydrogen) atoms. The molecule has 0 spiro atoms. The first-order chi connectivity index (χ1) is 8.79. The molecular formula is C13H13N3O2. The summed E-state index contributed by atoms with van der Waals surface area (Å²) < 4.78 is 5.01. The van der Waals surface area contributed by atoms with Crippen LogP contribution in [0.25, 0.3) is 0 Å². The molecule has 2 rings (SSSR count). The quantitative estimate of drug-likeness (QED) is 0.638. The van der Waals surface area contributed by atoms with E-state index in [1.54, 1.807) is 36.8 Å². The smallest absolute Gasteiger partial charge is 0.161 e. The monoisotopic (exact) mass is 243 g/mol. The molecule has 0 fully saturated rings. The van der Waals surface area contributed by atoms with Gasteiger partial charge in [0.2, 0.25) is 0 Å². The summed E-state index contributed by atoms with van der Waals surface area (Å²) in [5, 5.41) is 13.5. The van der Waals surface area contributed by atoms with E-state index in [4.69, 9.17) is 4.74 Å². The fraction of sp³-hybridized carbons (Fsp3) is 0.0769. The maximum absolute atomic E-state index is 9.45. The summed E-state index contributed by atoms with van der Waals surface area (Å²) in [5.41, 5.74) is 4.55. The van der Waals surface area contributed by atoms with E-state index in [-0.39, 0.29) is 5.75 Å². The second-order valence-corrected chi connectivity index (χ2v) is 3.54. The minimum atomic E-state index is 0.108. The Labute approximate surface area is 105 Å². The number of hydrazone groups is 1. The van der Waals surface area contributed by atoms with Gasteiger partial charge in [-0.05, 0) is 35.9 Å². The van der Waals surface area contributed by atoms with E-state index in [0.29, 0.717) is 5.75 Å². The highest BCUT2D eigenvalue weighted by Crippen LogP contribution is 2.25. The molecule has 0 saturated heterocycles. The van der Waals surface area contributed by atoms with Crippen molar-refractivity contribution in [3.05, 3.63) is 48.3 Å². The van der Waals surface area contributed by atoms with Crippen LogP contribution in [0.2, 0.25) is 0 Å². The zero-order valence-electron chi connectivity index (χ0n) is 9.87. The molecule has 92 valence electrons. The maximum atomic E-state index is 9.45. The second-order valence-electron chi connectivity index (χ2n) is 3.54. The normalized spacial score (nSPS) is 10.5. The predicted molar refractivity (Wildman–Crippen MR) is 70.1 cm³/mol. The summed E-state index contributed by atoms with van der Waals surface area (Å²) >= 11 is 0. The van der Waals surface area contributed by atoms with Crippen molar-refractivity contribution in [2.75, 3.05) is 12.5 Å². The van der Waals surface area contributed by atoms with Gasteiger partial charge >= 0.3 is 0 Å². The van der Waals surface area contributed by atoms with Crippen molar-refractivity contribution in [1.82, 2.24) is 4.98 Å². The molecular weight excluding hydrogens is 230 g/mol. The molecule has 0 aliphatic heterocycles. The van der Waals surface area contributed by atoms with Gasteiger partial charge in [0, 0.05) is 12.4 Å². The third kappa shape index (κ3) is 2.98. The highest BCUT2D eigenvalue weighted by molar-refractivity contribution is 5.81. The Morgan fingerprint density at radius 3 is 2.78 bits per heavy atom. The minimum absolute atomic E-state index is 0.108. The number of methoxy groups -OCH3 is 1. The predicted octanol–water partition coefficient (Wildman–Crippen LogP) is 2.24. The lowest BCUT2D eigenvalue weighted by atomic mass is 10.2. The number of pyridine rings is 1. The number of benzene rings is 1. The summed E-state index contributed by atoms with van der Waals surface area (Å²) in [6, 6.07) is 8.64. The second kappa shape index (κ2) is 5.67. The molecule has 5 heteroatoms. The summed E-state index contributed by atoms with van der Waals surface area (Å²) in [6.45, 7) is 0. The Bertz CT molecular complexity index is 541. The van der Waals surface area contributed by atoms with Crippen molar-refractivity contribution >= 4 is 11.9 Å². The van der Waals surface area contributed by atoms with E-state index in [1.807, 2.05) is 12.1 Å². The summed E-state index contributed by atoms with van der Waals surface area (Å²) in [7, 11) is 1.51. The van der Waals surface area contributed by atoms with Gasteiger partial charge in [0.25, 0.3) is 0 Å². The van der Waals surface area contributed by atoms with Crippen molar-refractivity contribution in [3.8, 4) is 11.5 Å². The zero-order chi connectivity index (χ0) is 12.8. The van der Waals surface area contributed by atoms with Crippen molar-refractivity contribution < 1.29 is 9.84 Å². The Hall–Kier alpha value is -2.56. The molecule has 0 saturated carbocycles.